The zero-order chi connectivity index (χ0) is 13.8. The molecule has 0 spiro atoms. The van der Waals surface area contributed by atoms with E-state index in [1.165, 1.54) is 33.1 Å². The minimum atomic E-state index is 1.06. The van der Waals surface area contributed by atoms with Gasteiger partial charge in [0.15, 0.2) is 0 Å². The third kappa shape index (κ3) is 1.42. The minimum Gasteiger partial charge on any atom is -0.280 e. The van der Waals surface area contributed by atoms with Crippen LogP contribution in [0.2, 0.25) is 0 Å². The summed E-state index contributed by atoms with van der Waals surface area (Å²) in [5.74, 6) is 0. The highest BCUT2D eigenvalue weighted by molar-refractivity contribution is 6.15. The minimum absolute atomic E-state index is 1.06. The van der Waals surface area contributed by atoms with E-state index in [2.05, 4.69) is 72.0 Å². The van der Waals surface area contributed by atoms with Crippen LogP contribution in [0.25, 0.3) is 32.9 Å². The molecule has 0 amide bonds. The summed E-state index contributed by atoms with van der Waals surface area (Å²) in [6.07, 6.45) is 0. The molecule has 1 aliphatic heterocycles. The SMILES string of the molecule is c1ccc2c(c1)[NH2+]c1cccc3c1c-2nc1ccccc13. The summed E-state index contributed by atoms with van der Waals surface area (Å²) in [4.78, 5) is 4.96. The van der Waals surface area contributed by atoms with Crippen LogP contribution in [0.1, 0.15) is 0 Å². The lowest BCUT2D eigenvalue weighted by molar-refractivity contribution is -0.477. The van der Waals surface area contributed by atoms with Gasteiger partial charge in [-0.15, -0.1) is 0 Å². The van der Waals surface area contributed by atoms with E-state index in [1.807, 2.05) is 0 Å². The van der Waals surface area contributed by atoms with Crippen molar-refractivity contribution in [3.8, 4) is 11.3 Å². The highest BCUT2D eigenvalue weighted by Crippen LogP contribution is 2.39. The van der Waals surface area contributed by atoms with Crippen LogP contribution in [0.3, 0.4) is 0 Å². The molecule has 2 N–H and O–H groups in total. The number of rotatable bonds is 0. The molecule has 0 saturated heterocycles. The summed E-state index contributed by atoms with van der Waals surface area (Å²) in [6, 6.07) is 23.4. The van der Waals surface area contributed by atoms with E-state index < -0.39 is 0 Å². The van der Waals surface area contributed by atoms with E-state index in [-0.39, 0.29) is 0 Å². The molecule has 0 atom stereocenters. The van der Waals surface area contributed by atoms with Gasteiger partial charge in [0.25, 0.3) is 0 Å². The Morgan fingerprint density at radius 3 is 2.43 bits per heavy atom. The van der Waals surface area contributed by atoms with Crippen LogP contribution in [-0.2, 0) is 0 Å². The Morgan fingerprint density at radius 2 is 1.43 bits per heavy atom. The third-order valence-corrected chi connectivity index (χ3v) is 4.29. The smallest absolute Gasteiger partial charge is 0.144 e. The molecule has 0 fully saturated rings. The molecule has 0 saturated carbocycles. The highest BCUT2D eigenvalue weighted by atomic mass is 14.9. The second-order valence-corrected chi connectivity index (χ2v) is 5.48. The topological polar surface area (TPSA) is 29.5 Å². The lowest BCUT2D eigenvalue weighted by Crippen LogP contribution is -2.72. The van der Waals surface area contributed by atoms with Crippen molar-refractivity contribution in [3.63, 3.8) is 0 Å². The maximum Gasteiger partial charge on any atom is 0.144 e. The van der Waals surface area contributed by atoms with Crippen molar-refractivity contribution >= 4 is 33.1 Å². The Kier molecular flexibility index (Phi) is 2.04. The summed E-state index contributed by atoms with van der Waals surface area (Å²) < 4.78 is 0. The summed E-state index contributed by atoms with van der Waals surface area (Å²) in [5, 5.41) is 6.06. The molecule has 98 valence electrons. The average Bonchev–Trinajstić information content (AvgIpc) is 2.55. The predicted octanol–water partition coefficient (Wildman–Crippen LogP) is 3.90. The largest absolute Gasteiger partial charge is 0.280 e. The molecule has 2 heteroatoms. The quantitative estimate of drug-likeness (QED) is 0.335. The number of benzene rings is 3. The normalized spacial score (nSPS) is 12.6. The first-order valence-electron chi connectivity index (χ1n) is 7.17. The Morgan fingerprint density at radius 1 is 0.667 bits per heavy atom. The van der Waals surface area contributed by atoms with Crippen molar-refractivity contribution in [2.45, 2.75) is 0 Å². The van der Waals surface area contributed by atoms with Crippen LogP contribution >= 0.6 is 0 Å². The van der Waals surface area contributed by atoms with Gasteiger partial charge < -0.3 is 0 Å². The number of aromatic nitrogens is 1. The average molecular weight is 269 g/mol. The second kappa shape index (κ2) is 3.90. The molecule has 0 radical (unpaired) electrons. The molecule has 1 aromatic heterocycles. The first-order chi connectivity index (χ1) is 10.4. The van der Waals surface area contributed by atoms with Gasteiger partial charge in [-0.05, 0) is 17.5 Å². The van der Waals surface area contributed by atoms with E-state index in [9.17, 15) is 0 Å². The maximum absolute atomic E-state index is 4.96. The van der Waals surface area contributed by atoms with E-state index in [4.69, 9.17) is 4.98 Å². The van der Waals surface area contributed by atoms with Crippen molar-refractivity contribution in [3.05, 3.63) is 66.7 Å². The summed E-state index contributed by atoms with van der Waals surface area (Å²) in [5.41, 5.74) is 5.91. The van der Waals surface area contributed by atoms with Crippen LogP contribution in [0.4, 0.5) is 11.4 Å². The molecule has 21 heavy (non-hydrogen) atoms. The van der Waals surface area contributed by atoms with Crippen molar-refractivity contribution in [2.24, 2.45) is 0 Å². The van der Waals surface area contributed by atoms with Crippen molar-refractivity contribution in [1.29, 1.82) is 0 Å². The maximum atomic E-state index is 4.96. The van der Waals surface area contributed by atoms with Crippen LogP contribution in [0.5, 0.6) is 0 Å². The standard InChI is InChI=1S/C19H12N2/c1-3-9-15-12(6-1)13-8-5-11-17-18(13)19(21-15)14-7-2-4-10-16(14)20-17/h1-11,20H/p+1. The fourth-order valence-electron chi connectivity index (χ4n) is 3.36. The first-order valence-corrected chi connectivity index (χ1v) is 7.17. The number of hydrogen-bond donors (Lipinski definition) is 1. The number of nitrogens with zero attached hydrogens (tertiary/aromatic N) is 1. The third-order valence-electron chi connectivity index (χ3n) is 4.29. The lowest BCUT2D eigenvalue weighted by atomic mass is 9.95. The Balaban J connectivity index is 2.07. The van der Waals surface area contributed by atoms with Crippen LogP contribution < -0.4 is 5.32 Å². The number of fused-ring (bicyclic) bond motifs is 4. The molecule has 1 aliphatic rings. The molecule has 5 rings (SSSR count). The van der Waals surface area contributed by atoms with Gasteiger partial charge in [-0.1, -0.05) is 42.5 Å². The van der Waals surface area contributed by atoms with E-state index in [0.717, 1.165) is 11.2 Å². The number of hydrogen-bond acceptors (Lipinski definition) is 1. The highest BCUT2D eigenvalue weighted by Gasteiger charge is 2.23. The first kappa shape index (κ1) is 11.0. The summed E-state index contributed by atoms with van der Waals surface area (Å²) in [7, 11) is 0. The fraction of sp³-hybridized carbons (Fsp3) is 0. The number of quaternary nitrogens is 1. The molecule has 2 nitrogen and oxygen atoms in total. The molecule has 4 aromatic rings. The molecule has 0 bridgehead atoms. The Labute approximate surface area is 122 Å². The zero-order valence-corrected chi connectivity index (χ0v) is 11.4. The molecule has 2 heterocycles. The fourth-order valence-corrected chi connectivity index (χ4v) is 3.36. The lowest BCUT2D eigenvalue weighted by Gasteiger charge is -2.18. The van der Waals surface area contributed by atoms with Gasteiger partial charge in [-0.3, -0.25) is 5.32 Å². The predicted molar refractivity (Wildman–Crippen MR) is 85.9 cm³/mol. The number of nitrogens with two attached hydrogens (primary N) is 1. The van der Waals surface area contributed by atoms with Gasteiger partial charge in [0, 0.05) is 17.5 Å². The second-order valence-electron chi connectivity index (χ2n) is 5.48. The monoisotopic (exact) mass is 269 g/mol. The van der Waals surface area contributed by atoms with E-state index >= 15 is 0 Å². The summed E-state index contributed by atoms with van der Waals surface area (Å²) >= 11 is 0. The van der Waals surface area contributed by atoms with Gasteiger partial charge in [-0.25, -0.2) is 4.98 Å². The number of pyridine rings is 1. The molecule has 0 aliphatic carbocycles. The molecule has 3 aromatic carbocycles. The van der Waals surface area contributed by atoms with Gasteiger partial charge in [0.2, 0.25) is 0 Å². The summed E-state index contributed by atoms with van der Waals surface area (Å²) in [6.45, 7) is 0. The van der Waals surface area contributed by atoms with Gasteiger partial charge >= 0.3 is 0 Å². The van der Waals surface area contributed by atoms with E-state index in [0.29, 0.717) is 0 Å². The Bertz CT molecular complexity index is 1020. The van der Waals surface area contributed by atoms with E-state index in [1.54, 1.807) is 0 Å². The molecule has 0 unspecified atom stereocenters. The van der Waals surface area contributed by atoms with Crippen molar-refractivity contribution in [2.75, 3.05) is 0 Å². The van der Waals surface area contributed by atoms with Gasteiger partial charge in [0.05, 0.1) is 22.2 Å². The van der Waals surface area contributed by atoms with Crippen molar-refractivity contribution < 1.29 is 5.32 Å². The van der Waals surface area contributed by atoms with Gasteiger partial charge in [-0.2, -0.15) is 0 Å². The number of para-hydroxylation sites is 2. The zero-order valence-electron chi connectivity index (χ0n) is 11.4. The van der Waals surface area contributed by atoms with Crippen LogP contribution in [0.15, 0.2) is 66.7 Å². The van der Waals surface area contributed by atoms with Crippen molar-refractivity contribution in [1.82, 2.24) is 4.98 Å². The van der Waals surface area contributed by atoms with Crippen LogP contribution in [-0.4, -0.2) is 4.98 Å². The van der Waals surface area contributed by atoms with Gasteiger partial charge in [0.1, 0.15) is 11.4 Å². The molecular weight excluding hydrogens is 256 g/mol. The van der Waals surface area contributed by atoms with Crippen LogP contribution in [0, 0.1) is 0 Å². The molecular formula is C19H13N2+. The Hall–Kier alpha value is -2.71.